The molecule has 2 aromatic carbocycles. The molecule has 4 nitrogen and oxygen atoms in total. The average molecular weight is 286 g/mol. The molecule has 100 valence electrons. The Kier molecular flexibility index (Phi) is 4.59. The Morgan fingerprint density at radius 3 is 2.25 bits per heavy atom. The summed E-state index contributed by atoms with van der Waals surface area (Å²) in [6.45, 7) is 0.154. The van der Waals surface area contributed by atoms with Gasteiger partial charge in [-0.25, -0.2) is 0 Å². The summed E-state index contributed by atoms with van der Waals surface area (Å²) in [4.78, 5) is 11.7. The molecule has 0 saturated heterocycles. The summed E-state index contributed by atoms with van der Waals surface area (Å²) >= 11 is 5.78. The van der Waals surface area contributed by atoms with Crippen molar-refractivity contribution in [2.75, 3.05) is 17.2 Å². The van der Waals surface area contributed by atoms with Gasteiger partial charge < -0.3 is 10.6 Å². The van der Waals surface area contributed by atoms with Crippen molar-refractivity contribution >= 4 is 28.9 Å². The van der Waals surface area contributed by atoms with E-state index in [9.17, 15) is 4.79 Å². The van der Waals surface area contributed by atoms with Gasteiger partial charge in [-0.15, -0.1) is 0 Å². The summed E-state index contributed by atoms with van der Waals surface area (Å²) in [5.74, 6) is -0.162. The molecule has 0 radical (unpaired) electrons. The maximum atomic E-state index is 11.7. The minimum atomic E-state index is -0.162. The minimum absolute atomic E-state index is 0.154. The van der Waals surface area contributed by atoms with Crippen LogP contribution < -0.4 is 10.6 Å². The quantitative estimate of drug-likeness (QED) is 0.906. The van der Waals surface area contributed by atoms with E-state index in [0.717, 1.165) is 5.69 Å². The van der Waals surface area contributed by atoms with Gasteiger partial charge >= 0.3 is 0 Å². The molecule has 20 heavy (non-hydrogen) atoms. The van der Waals surface area contributed by atoms with Crippen LogP contribution in [0, 0.1) is 11.3 Å². The van der Waals surface area contributed by atoms with Crippen LogP contribution in [-0.4, -0.2) is 12.5 Å². The lowest BCUT2D eigenvalue weighted by atomic mass is 10.2. The average Bonchev–Trinajstić information content (AvgIpc) is 2.47. The Balaban J connectivity index is 1.86. The first-order valence-corrected chi connectivity index (χ1v) is 6.34. The molecule has 0 aliphatic rings. The fourth-order valence-corrected chi connectivity index (χ4v) is 1.71. The van der Waals surface area contributed by atoms with E-state index in [1.54, 1.807) is 48.5 Å². The van der Waals surface area contributed by atoms with Crippen LogP contribution in [0.4, 0.5) is 11.4 Å². The van der Waals surface area contributed by atoms with Crippen LogP contribution in [-0.2, 0) is 4.79 Å². The van der Waals surface area contributed by atoms with Crippen molar-refractivity contribution in [3.05, 3.63) is 59.1 Å². The number of nitrogens with one attached hydrogen (secondary N) is 2. The SMILES string of the molecule is N#Cc1ccc(NC(=O)CNc2ccc(Cl)cc2)cc1. The summed E-state index contributed by atoms with van der Waals surface area (Å²) < 4.78 is 0. The van der Waals surface area contributed by atoms with Crippen molar-refractivity contribution in [3.8, 4) is 6.07 Å². The maximum Gasteiger partial charge on any atom is 0.243 e. The number of anilines is 2. The molecular formula is C15H12ClN3O. The molecule has 0 heterocycles. The van der Waals surface area contributed by atoms with Crippen LogP contribution in [0.15, 0.2) is 48.5 Å². The van der Waals surface area contributed by atoms with Crippen molar-refractivity contribution in [1.29, 1.82) is 5.26 Å². The first-order valence-electron chi connectivity index (χ1n) is 5.97. The highest BCUT2D eigenvalue weighted by Crippen LogP contribution is 2.13. The van der Waals surface area contributed by atoms with Gasteiger partial charge in [0.05, 0.1) is 18.2 Å². The van der Waals surface area contributed by atoms with Gasteiger partial charge in [0.2, 0.25) is 5.91 Å². The van der Waals surface area contributed by atoms with Gasteiger partial charge in [-0.2, -0.15) is 5.26 Å². The number of carbonyl (C=O) groups is 1. The Labute approximate surface area is 122 Å². The normalized spacial score (nSPS) is 9.60. The number of nitriles is 1. The Bertz CT molecular complexity index is 630. The van der Waals surface area contributed by atoms with Crippen LogP contribution in [0.3, 0.4) is 0 Å². The van der Waals surface area contributed by atoms with Crippen LogP contribution in [0.2, 0.25) is 5.02 Å². The molecule has 5 heteroatoms. The first-order chi connectivity index (χ1) is 9.67. The van der Waals surface area contributed by atoms with Gasteiger partial charge in [-0.1, -0.05) is 11.6 Å². The summed E-state index contributed by atoms with van der Waals surface area (Å²) in [5, 5.41) is 15.1. The van der Waals surface area contributed by atoms with E-state index in [1.807, 2.05) is 6.07 Å². The highest BCUT2D eigenvalue weighted by atomic mass is 35.5. The number of hydrogen-bond acceptors (Lipinski definition) is 3. The lowest BCUT2D eigenvalue weighted by molar-refractivity contribution is -0.114. The van der Waals surface area contributed by atoms with E-state index >= 15 is 0 Å². The predicted octanol–water partition coefficient (Wildman–Crippen LogP) is 3.26. The number of hydrogen-bond donors (Lipinski definition) is 2. The molecule has 0 bridgehead atoms. The van der Waals surface area contributed by atoms with Gasteiger partial charge in [0, 0.05) is 16.4 Å². The predicted molar refractivity (Wildman–Crippen MR) is 79.7 cm³/mol. The van der Waals surface area contributed by atoms with Crippen LogP contribution in [0.5, 0.6) is 0 Å². The lowest BCUT2D eigenvalue weighted by Crippen LogP contribution is -2.21. The van der Waals surface area contributed by atoms with Crippen LogP contribution in [0.1, 0.15) is 5.56 Å². The van der Waals surface area contributed by atoms with E-state index in [-0.39, 0.29) is 12.5 Å². The van der Waals surface area contributed by atoms with Crippen molar-refractivity contribution in [1.82, 2.24) is 0 Å². The zero-order chi connectivity index (χ0) is 14.4. The van der Waals surface area contributed by atoms with Gasteiger partial charge in [-0.3, -0.25) is 4.79 Å². The Morgan fingerprint density at radius 1 is 1.05 bits per heavy atom. The molecule has 2 rings (SSSR count). The summed E-state index contributed by atoms with van der Waals surface area (Å²) in [5.41, 5.74) is 2.04. The summed E-state index contributed by atoms with van der Waals surface area (Å²) in [6.07, 6.45) is 0. The molecule has 0 aromatic heterocycles. The molecule has 0 aliphatic carbocycles. The number of nitrogens with zero attached hydrogens (tertiary/aromatic N) is 1. The molecule has 0 unspecified atom stereocenters. The molecule has 2 N–H and O–H groups in total. The number of rotatable bonds is 4. The lowest BCUT2D eigenvalue weighted by Gasteiger charge is -2.08. The number of benzene rings is 2. The second-order valence-corrected chi connectivity index (χ2v) is 4.53. The molecule has 0 aliphatic heterocycles. The topological polar surface area (TPSA) is 64.9 Å². The second-order valence-electron chi connectivity index (χ2n) is 4.10. The van der Waals surface area contributed by atoms with E-state index in [2.05, 4.69) is 10.6 Å². The molecular weight excluding hydrogens is 274 g/mol. The van der Waals surface area contributed by atoms with Gasteiger partial charge in [-0.05, 0) is 48.5 Å². The molecule has 0 spiro atoms. The fourth-order valence-electron chi connectivity index (χ4n) is 1.58. The maximum absolute atomic E-state index is 11.7. The smallest absolute Gasteiger partial charge is 0.243 e. The zero-order valence-electron chi connectivity index (χ0n) is 10.6. The molecule has 0 fully saturated rings. The largest absolute Gasteiger partial charge is 0.376 e. The third-order valence-electron chi connectivity index (χ3n) is 2.60. The van der Waals surface area contributed by atoms with Crippen LogP contribution in [0.25, 0.3) is 0 Å². The molecule has 0 atom stereocenters. The second kappa shape index (κ2) is 6.60. The number of halogens is 1. The van der Waals surface area contributed by atoms with Crippen molar-refractivity contribution < 1.29 is 4.79 Å². The Hall–Kier alpha value is -2.51. The van der Waals surface area contributed by atoms with Gasteiger partial charge in [0.25, 0.3) is 0 Å². The van der Waals surface area contributed by atoms with Gasteiger partial charge in [0.15, 0.2) is 0 Å². The third kappa shape index (κ3) is 4.01. The minimum Gasteiger partial charge on any atom is -0.376 e. The zero-order valence-corrected chi connectivity index (χ0v) is 11.3. The highest BCUT2D eigenvalue weighted by Gasteiger charge is 2.02. The molecule has 0 saturated carbocycles. The van der Waals surface area contributed by atoms with E-state index in [4.69, 9.17) is 16.9 Å². The van der Waals surface area contributed by atoms with Crippen LogP contribution >= 0.6 is 11.6 Å². The van der Waals surface area contributed by atoms with Crippen molar-refractivity contribution in [2.45, 2.75) is 0 Å². The van der Waals surface area contributed by atoms with Crippen molar-refractivity contribution in [2.24, 2.45) is 0 Å². The van der Waals surface area contributed by atoms with Crippen molar-refractivity contribution in [3.63, 3.8) is 0 Å². The molecule has 1 amide bonds. The Morgan fingerprint density at radius 2 is 1.65 bits per heavy atom. The monoisotopic (exact) mass is 285 g/mol. The molecule has 2 aromatic rings. The van der Waals surface area contributed by atoms with E-state index < -0.39 is 0 Å². The first kappa shape index (κ1) is 13.9. The number of amides is 1. The highest BCUT2D eigenvalue weighted by molar-refractivity contribution is 6.30. The van der Waals surface area contributed by atoms with E-state index in [1.165, 1.54) is 0 Å². The summed E-state index contributed by atoms with van der Waals surface area (Å²) in [6, 6.07) is 15.8. The third-order valence-corrected chi connectivity index (χ3v) is 2.85. The fraction of sp³-hybridized carbons (Fsp3) is 0.0667. The van der Waals surface area contributed by atoms with Gasteiger partial charge in [0.1, 0.15) is 0 Å². The summed E-state index contributed by atoms with van der Waals surface area (Å²) in [7, 11) is 0. The standard InChI is InChI=1S/C15H12ClN3O/c16-12-3-7-13(8-4-12)18-10-15(20)19-14-5-1-11(9-17)2-6-14/h1-8,18H,10H2,(H,19,20). The van der Waals surface area contributed by atoms with E-state index in [0.29, 0.717) is 16.3 Å². The number of carbonyl (C=O) groups excluding carboxylic acids is 1.